The Labute approximate surface area is 345 Å². The zero-order valence-corrected chi connectivity index (χ0v) is 35.9. The maximum Gasteiger partial charge on any atom is 0.311 e. The van der Waals surface area contributed by atoms with E-state index in [1.54, 1.807) is 126 Å². The molecule has 1 fully saturated rings. The number of aromatic nitrogens is 2. The predicted octanol–water partition coefficient (Wildman–Crippen LogP) is 7.02. The maximum atomic E-state index is 13.7. The second-order valence-electron chi connectivity index (χ2n) is 18.5. The van der Waals surface area contributed by atoms with Crippen LogP contribution in [0.2, 0.25) is 0 Å². The smallest absolute Gasteiger partial charge is 0.311 e. The molecule has 1 saturated heterocycles. The van der Waals surface area contributed by atoms with Crippen molar-refractivity contribution in [2.24, 2.45) is 21.7 Å². The van der Waals surface area contributed by atoms with Gasteiger partial charge in [0.2, 0.25) is 18.3 Å². The lowest BCUT2D eigenvalue weighted by Gasteiger charge is -2.45. The molecule has 0 bridgehead atoms. The van der Waals surface area contributed by atoms with Gasteiger partial charge in [-0.1, -0.05) is 42.2 Å². The molecule has 1 aromatic heterocycles. The number of aliphatic carboxylic acids is 1. The number of fused-ring (bicyclic) bond motifs is 1. The Morgan fingerprint density at radius 3 is 1.81 bits per heavy atom. The molecule has 3 aromatic rings. The number of carbonyl (C=O) groups excluding carboxylic acids is 4. The van der Waals surface area contributed by atoms with Gasteiger partial charge in [-0.25, -0.2) is 0 Å². The molecule has 0 saturated carbocycles. The third-order valence-electron chi connectivity index (χ3n) is 8.79. The quantitative estimate of drug-likeness (QED) is 0.121. The lowest BCUT2D eigenvalue weighted by Crippen LogP contribution is -2.65. The van der Waals surface area contributed by atoms with Crippen LogP contribution in [0.25, 0.3) is 17.0 Å². The average molecular weight is 817 g/mol. The van der Waals surface area contributed by atoms with E-state index in [2.05, 4.69) is 22.0 Å². The van der Waals surface area contributed by atoms with E-state index in [0.29, 0.717) is 22.0 Å². The molecular weight excluding hydrogens is 760 g/mol. The first-order chi connectivity index (χ1) is 27.3. The summed E-state index contributed by atoms with van der Waals surface area (Å²) in [6.07, 6.45) is -4.14. The van der Waals surface area contributed by atoms with Crippen LogP contribution in [0.3, 0.4) is 0 Å². The number of nitrogens with one attached hydrogen (secondary N) is 1. The molecule has 1 aliphatic rings. The van der Waals surface area contributed by atoms with Crippen molar-refractivity contribution in [3.63, 3.8) is 0 Å². The van der Waals surface area contributed by atoms with Crippen LogP contribution >= 0.6 is 0 Å². The van der Waals surface area contributed by atoms with Crippen molar-refractivity contribution < 1.29 is 57.5 Å². The van der Waals surface area contributed by atoms with Crippen molar-refractivity contribution in [1.82, 2.24) is 10.2 Å². The Kier molecular flexibility index (Phi) is 14.1. The highest BCUT2D eigenvalue weighted by atomic mass is 16.7. The van der Waals surface area contributed by atoms with Gasteiger partial charge in [0.05, 0.1) is 39.0 Å². The summed E-state index contributed by atoms with van der Waals surface area (Å²) in [5.74, 6) is 2.72. The SMILES string of the molecule is CC(C)(C)C(=O)OC[C@H]1O[C@@H](Oc2n[nH]c3cccc(C#Cc4ccc(C=CCC(=O)O)cc4)c23)[C@H](OC(=O)C(C)(C)C)[C@@H](OC(=O)C(C)(C)C)[C@@H]1OC(=O)C(C)(C)C. The molecule has 0 amide bonds. The molecule has 0 spiro atoms. The first-order valence-electron chi connectivity index (χ1n) is 19.4. The number of rotatable bonds is 10. The number of carbonyl (C=O) groups is 5. The van der Waals surface area contributed by atoms with Crippen LogP contribution in [0.5, 0.6) is 5.88 Å². The van der Waals surface area contributed by atoms with Crippen molar-refractivity contribution in [3.8, 4) is 17.7 Å². The van der Waals surface area contributed by atoms with Crippen molar-refractivity contribution >= 4 is 46.8 Å². The molecular formula is C45H56N2O12. The summed E-state index contributed by atoms with van der Waals surface area (Å²) in [5, 5.41) is 16.7. The summed E-state index contributed by atoms with van der Waals surface area (Å²) < 4.78 is 36.9. The van der Waals surface area contributed by atoms with Crippen LogP contribution in [-0.2, 0) is 47.7 Å². The van der Waals surface area contributed by atoms with Gasteiger partial charge in [-0.15, -0.1) is 5.10 Å². The van der Waals surface area contributed by atoms with E-state index in [0.717, 1.165) is 5.56 Å². The second-order valence-corrected chi connectivity index (χ2v) is 18.5. The van der Waals surface area contributed by atoms with Crippen molar-refractivity contribution in [3.05, 3.63) is 65.2 Å². The van der Waals surface area contributed by atoms with Crippen LogP contribution in [0, 0.1) is 33.5 Å². The van der Waals surface area contributed by atoms with Gasteiger partial charge in [-0.3, -0.25) is 29.1 Å². The molecule has 2 N–H and O–H groups in total. The number of aromatic amines is 1. The van der Waals surface area contributed by atoms with Crippen molar-refractivity contribution in [2.45, 2.75) is 120 Å². The standard InChI is InChI=1S/C45H56N2O12/c1-42(2,3)38(50)54-25-30-33(56-39(51)43(4,5)6)34(57-40(52)44(7,8)9)35(58-41(53)45(10,11)12)37(55-30)59-36-32-28(16-14-17-29(32)46-47-36)24-23-27-21-19-26(20-22-27)15-13-18-31(48)49/h13-17,19-22,30,33-35,37H,18,25H2,1-12H3,(H,46,47)(H,48,49)/t30-,33-,34+,35-,37+/m1/s1. The predicted molar refractivity (Wildman–Crippen MR) is 218 cm³/mol. The molecule has 5 atom stereocenters. The van der Waals surface area contributed by atoms with Crippen LogP contribution in [-0.4, -0.2) is 82.5 Å². The zero-order chi connectivity index (χ0) is 44.1. The maximum absolute atomic E-state index is 13.7. The Hall–Kier alpha value is -5.68. The van der Waals surface area contributed by atoms with E-state index in [4.69, 9.17) is 33.5 Å². The fourth-order valence-electron chi connectivity index (χ4n) is 5.24. The minimum atomic E-state index is -1.56. The first kappa shape index (κ1) is 46.0. The normalized spacial score (nSPS) is 20.0. The van der Waals surface area contributed by atoms with Gasteiger partial charge < -0.3 is 33.5 Å². The van der Waals surface area contributed by atoms with Gasteiger partial charge >= 0.3 is 29.8 Å². The number of benzene rings is 2. The van der Waals surface area contributed by atoms with E-state index in [-0.39, 0.29) is 12.3 Å². The highest BCUT2D eigenvalue weighted by Gasteiger charge is 2.56. The van der Waals surface area contributed by atoms with E-state index < -0.39 is 88.8 Å². The molecule has 0 aliphatic carbocycles. The van der Waals surface area contributed by atoms with Crippen molar-refractivity contribution in [1.29, 1.82) is 0 Å². The van der Waals surface area contributed by atoms with Gasteiger partial charge in [-0.2, -0.15) is 0 Å². The summed E-state index contributed by atoms with van der Waals surface area (Å²) in [6.45, 7) is 19.4. The highest BCUT2D eigenvalue weighted by molar-refractivity contribution is 5.90. The molecule has 0 unspecified atom stereocenters. The molecule has 2 heterocycles. The number of hydrogen-bond donors (Lipinski definition) is 2. The zero-order valence-electron chi connectivity index (χ0n) is 35.9. The molecule has 14 heteroatoms. The van der Waals surface area contributed by atoms with E-state index in [9.17, 15) is 24.0 Å². The van der Waals surface area contributed by atoms with Crippen LogP contribution in [0.1, 0.15) is 106 Å². The summed E-state index contributed by atoms with van der Waals surface area (Å²) in [4.78, 5) is 64.8. The van der Waals surface area contributed by atoms with Crippen LogP contribution < -0.4 is 4.74 Å². The fraction of sp³-hybridized carbons (Fsp3) is 0.511. The van der Waals surface area contributed by atoms with E-state index >= 15 is 0 Å². The number of carboxylic acid groups (broad SMARTS) is 1. The molecule has 1 aliphatic heterocycles. The monoisotopic (exact) mass is 816 g/mol. The highest BCUT2D eigenvalue weighted by Crippen LogP contribution is 2.36. The number of ether oxygens (including phenoxy) is 6. The average Bonchev–Trinajstić information content (AvgIpc) is 3.53. The molecule has 4 rings (SSSR count). The summed E-state index contributed by atoms with van der Waals surface area (Å²) in [5.41, 5.74) is -1.47. The molecule has 14 nitrogen and oxygen atoms in total. The fourth-order valence-corrected chi connectivity index (χ4v) is 5.24. The molecule has 318 valence electrons. The Balaban J connectivity index is 1.84. The Bertz CT molecular complexity index is 2110. The minimum absolute atomic E-state index is 0.00194. The van der Waals surface area contributed by atoms with Crippen LogP contribution in [0.15, 0.2) is 48.5 Å². The van der Waals surface area contributed by atoms with Crippen molar-refractivity contribution in [2.75, 3.05) is 6.61 Å². The number of carboxylic acids is 1. The summed E-state index contributed by atoms with van der Waals surface area (Å²) >= 11 is 0. The Morgan fingerprint density at radius 1 is 0.729 bits per heavy atom. The topological polar surface area (TPSA) is 190 Å². The minimum Gasteiger partial charge on any atom is -0.481 e. The third kappa shape index (κ3) is 12.4. The molecule has 59 heavy (non-hydrogen) atoms. The molecule has 0 radical (unpaired) electrons. The first-order valence-corrected chi connectivity index (χ1v) is 19.4. The molecule has 2 aromatic carbocycles. The lowest BCUT2D eigenvalue weighted by molar-refractivity contribution is -0.294. The number of esters is 4. The van der Waals surface area contributed by atoms with E-state index in [1.807, 2.05) is 12.1 Å². The lowest BCUT2D eigenvalue weighted by atomic mass is 9.93. The summed E-state index contributed by atoms with van der Waals surface area (Å²) in [7, 11) is 0. The van der Waals surface area contributed by atoms with Gasteiger partial charge in [-0.05, 0) is 113 Å². The number of nitrogens with zero attached hydrogens (tertiary/aromatic N) is 1. The van der Waals surface area contributed by atoms with Gasteiger partial charge in [0, 0.05) is 11.1 Å². The van der Waals surface area contributed by atoms with Gasteiger partial charge in [0.25, 0.3) is 0 Å². The Morgan fingerprint density at radius 2 is 1.27 bits per heavy atom. The summed E-state index contributed by atoms with van der Waals surface area (Å²) in [6, 6.07) is 12.6. The number of H-pyrrole nitrogens is 1. The van der Waals surface area contributed by atoms with Gasteiger partial charge in [0.1, 0.15) is 12.7 Å². The number of hydrogen-bond acceptors (Lipinski definition) is 12. The second kappa shape index (κ2) is 18.1. The third-order valence-corrected chi connectivity index (χ3v) is 8.79. The van der Waals surface area contributed by atoms with Crippen LogP contribution in [0.4, 0.5) is 0 Å². The largest absolute Gasteiger partial charge is 0.481 e. The van der Waals surface area contributed by atoms with Gasteiger partial charge in [0.15, 0.2) is 12.2 Å². The van der Waals surface area contributed by atoms with E-state index in [1.165, 1.54) is 0 Å².